The van der Waals surface area contributed by atoms with Crippen LogP contribution in [-0.2, 0) is 6.54 Å². The normalized spacial score (nSPS) is 18.7. The number of nitrogens with zero attached hydrogens (tertiary/aromatic N) is 5. The molecule has 0 N–H and O–H groups in total. The highest BCUT2D eigenvalue weighted by Crippen LogP contribution is 2.34. The minimum absolute atomic E-state index is 0.405. The molecule has 3 rings (SSSR count). The highest BCUT2D eigenvalue weighted by atomic mass is 15.3. The van der Waals surface area contributed by atoms with Crippen LogP contribution in [0.2, 0.25) is 0 Å². The monoisotopic (exact) mass is 313 g/mol. The van der Waals surface area contributed by atoms with Crippen LogP contribution >= 0.6 is 0 Å². The van der Waals surface area contributed by atoms with E-state index in [2.05, 4.69) is 56.6 Å². The molecule has 0 amide bonds. The van der Waals surface area contributed by atoms with E-state index in [4.69, 9.17) is 0 Å². The van der Waals surface area contributed by atoms with E-state index >= 15 is 0 Å². The van der Waals surface area contributed by atoms with Crippen LogP contribution in [-0.4, -0.2) is 40.3 Å². The maximum absolute atomic E-state index is 4.47. The second-order valence-corrected chi connectivity index (χ2v) is 6.83. The predicted molar refractivity (Wildman–Crippen MR) is 93.6 cm³/mol. The van der Waals surface area contributed by atoms with Gasteiger partial charge in [0, 0.05) is 45.1 Å². The van der Waals surface area contributed by atoms with Gasteiger partial charge < -0.3 is 4.90 Å². The van der Waals surface area contributed by atoms with Crippen molar-refractivity contribution in [1.29, 1.82) is 0 Å². The van der Waals surface area contributed by atoms with Gasteiger partial charge in [-0.2, -0.15) is 5.10 Å². The molecule has 5 heteroatoms. The summed E-state index contributed by atoms with van der Waals surface area (Å²) < 4.78 is 2.13. The minimum Gasteiger partial charge on any atom is -0.363 e. The summed E-state index contributed by atoms with van der Waals surface area (Å²) in [6.45, 7) is 6.48. The third-order valence-corrected chi connectivity index (χ3v) is 4.58. The fraction of sp³-hybridized carbons (Fsp3) is 0.556. The Labute approximate surface area is 138 Å². The Bertz CT molecular complexity index is 646. The maximum atomic E-state index is 4.47. The number of pyridine rings is 1. The summed E-state index contributed by atoms with van der Waals surface area (Å²) in [7, 11) is 4.08. The lowest BCUT2D eigenvalue weighted by molar-refractivity contribution is 0.238. The largest absolute Gasteiger partial charge is 0.363 e. The molecule has 0 spiro atoms. The van der Waals surface area contributed by atoms with E-state index in [0.29, 0.717) is 12.1 Å². The molecule has 124 valence electrons. The Hall–Kier alpha value is -1.88. The Morgan fingerprint density at radius 2 is 2.09 bits per heavy atom. The summed E-state index contributed by atoms with van der Waals surface area (Å²) in [4.78, 5) is 9.08. The summed E-state index contributed by atoms with van der Waals surface area (Å²) in [5.41, 5.74) is 2.67. The van der Waals surface area contributed by atoms with Crippen molar-refractivity contribution in [2.75, 3.05) is 25.5 Å². The number of hydrogen-bond acceptors (Lipinski definition) is 4. The van der Waals surface area contributed by atoms with Gasteiger partial charge in [0.05, 0.1) is 5.69 Å². The molecule has 0 bridgehead atoms. The molecular formula is C18H27N5. The average Bonchev–Trinajstić information content (AvgIpc) is 3.17. The van der Waals surface area contributed by atoms with E-state index in [9.17, 15) is 0 Å². The van der Waals surface area contributed by atoms with Gasteiger partial charge in [0.1, 0.15) is 5.82 Å². The van der Waals surface area contributed by atoms with Crippen LogP contribution in [0.4, 0.5) is 5.82 Å². The van der Waals surface area contributed by atoms with Crippen molar-refractivity contribution in [1.82, 2.24) is 19.7 Å². The lowest BCUT2D eigenvalue weighted by atomic mass is 10.1. The molecule has 1 aliphatic heterocycles. The van der Waals surface area contributed by atoms with Crippen LogP contribution in [0.1, 0.15) is 50.0 Å². The second-order valence-electron chi connectivity index (χ2n) is 6.83. The first kappa shape index (κ1) is 16.0. The standard InChI is InChI=1S/C18H27N5/c1-14(2)23-16(8-10-20-23)13-22-11-5-6-17(22)15-7-9-19-18(12-15)21(3)4/h7-10,12,14,17H,5-6,11,13H2,1-4H3/t17-/m0/s1. The Kier molecular flexibility index (Phi) is 4.66. The van der Waals surface area contributed by atoms with Gasteiger partial charge >= 0.3 is 0 Å². The molecule has 2 aromatic rings. The number of aromatic nitrogens is 3. The van der Waals surface area contributed by atoms with Crippen LogP contribution in [0.5, 0.6) is 0 Å². The summed E-state index contributed by atoms with van der Waals surface area (Å²) in [6, 6.07) is 7.42. The zero-order valence-corrected chi connectivity index (χ0v) is 14.6. The maximum Gasteiger partial charge on any atom is 0.128 e. The van der Waals surface area contributed by atoms with E-state index in [0.717, 1.165) is 18.9 Å². The highest BCUT2D eigenvalue weighted by molar-refractivity contribution is 5.40. The number of likely N-dealkylation sites (tertiary alicyclic amines) is 1. The van der Waals surface area contributed by atoms with Crippen molar-refractivity contribution < 1.29 is 0 Å². The lowest BCUT2D eigenvalue weighted by Gasteiger charge is -2.26. The van der Waals surface area contributed by atoms with Crippen molar-refractivity contribution in [3.63, 3.8) is 0 Å². The molecule has 0 unspecified atom stereocenters. The van der Waals surface area contributed by atoms with Crippen LogP contribution in [0.3, 0.4) is 0 Å². The summed E-state index contributed by atoms with van der Waals surface area (Å²) in [5.74, 6) is 1.03. The summed E-state index contributed by atoms with van der Waals surface area (Å²) in [6.07, 6.45) is 6.31. The van der Waals surface area contributed by atoms with Gasteiger partial charge in [0.2, 0.25) is 0 Å². The van der Waals surface area contributed by atoms with Crippen molar-refractivity contribution in [3.05, 3.63) is 41.9 Å². The first-order chi connectivity index (χ1) is 11.1. The fourth-order valence-electron chi connectivity index (χ4n) is 3.42. The van der Waals surface area contributed by atoms with Crippen molar-refractivity contribution in [2.45, 2.75) is 45.3 Å². The van der Waals surface area contributed by atoms with Gasteiger partial charge in [-0.1, -0.05) is 0 Å². The van der Waals surface area contributed by atoms with Gasteiger partial charge in [0.15, 0.2) is 0 Å². The second kappa shape index (κ2) is 6.71. The zero-order chi connectivity index (χ0) is 16.4. The third-order valence-electron chi connectivity index (χ3n) is 4.58. The molecule has 0 aliphatic carbocycles. The molecule has 1 fully saturated rings. The third kappa shape index (κ3) is 3.39. The van der Waals surface area contributed by atoms with E-state index < -0.39 is 0 Å². The summed E-state index contributed by atoms with van der Waals surface area (Å²) >= 11 is 0. The minimum atomic E-state index is 0.405. The molecule has 3 heterocycles. The Morgan fingerprint density at radius 3 is 2.83 bits per heavy atom. The van der Waals surface area contributed by atoms with E-state index in [1.807, 2.05) is 26.5 Å². The van der Waals surface area contributed by atoms with Crippen LogP contribution < -0.4 is 4.90 Å². The molecular weight excluding hydrogens is 286 g/mol. The van der Waals surface area contributed by atoms with E-state index in [1.165, 1.54) is 24.1 Å². The first-order valence-electron chi connectivity index (χ1n) is 8.46. The van der Waals surface area contributed by atoms with Gasteiger partial charge in [0.25, 0.3) is 0 Å². The van der Waals surface area contributed by atoms with Gasteiger partial charge in [-0.3, -0.25) is 9.58 Å². The predicted octanol–water partition coefficient (Wildman–Crippen LogP) is 3.26. The molecule has 5 nitrogen and oxygen atoms in total. The summed E-state index contributed by atoms with van der Waals surface area (Å²) in [5, 5.41) is 4.47. The van der Waals surface area contributed by atoms with Crippen molar-refractivity contribution in [2.24, 2.45) is 0 Å². The van der Waals surface area contributed by atoms with Crippen LogP contribution in [0.15, 0.2) is 30.6 Å². The SMILES string of the molecule is CC(C)n1nccc1CN1CCC[C@H]1c1ccnc(N(C)C)c1. The highest BCUT2D eigenvalue weighted by Gasteiger charge is 2.27. The average molecular weight is 313 g/mol. The molecule has 1 saturated heterocycles. The van der Waals surface area contributed by atoms with Crippen molar-refractivity contribution in [3.8, 4) is 0 Å². The number of hydrogen-bond donors (Lipinski definition) is 0. The Balaban J connectivity index is 1.80. The van der Waals surface area contributed by atoms with Crippen LogP contribution in [0.25, 0.3) is 0 Å². The molecule has 1 atom stereocenters. The van der Waals surface area contributed by atoms with Gasteiger partial charge in [-0.05, 0) is 57.0 Å². The molecule has 1 aliphatic rings. The quantitative estimate of drug-likeness (QED) is 0.849. The topological polar surface area (TPSA) is 37.2 Å². The van der Waals surface area contributed by atoms with Crippen molar-refractivity contribution >= 4 is 5.82 Å². The number of rotatable bonds is 5. The molecule has 0 radical (unpaired) electrons. The van der Waals surface area contributed by atoms with E-state index in [-0.39, 0.29) is 0 Å². The zero-order valence-electron chi connectivity index (χ0n) is 14.6. The first-order valence-corrected chi connectivity index (χ1v) is 8.46. The number of anilines is 1. The van der Waals surface area contributed by atoms with Gasteiger partial charge in [-0.15, -0.1) is 0 Å². The molecule has 0 saturated carbocycles. The van der Waals surface area contributed by atoms with Crippen LogP contribution in [0, 0.1) is 0 Å². The molecule has 2 aromatic heterocycles. The molecule has 23 heavy (non-hydrogen) atoms. The van der Waals surface area contributed by atoms with Gasteiger partial charge in [-0.25, -0.2) is 4.98 Å². The fourth-order valence-corrected chi connectivity index (χ4v) is 3.42. The Morgan fingerprint density at radius 1 is 1.26 bits per heavy atom. The smallest absolute Gasteiger partial charge is 0.128 e. The molecule has 0 aromatic carbocycles. The lowest BCUT2D eigenvalue weighted by Crippen LogP contribution is -2.25. The van der Waals surface area contributed by atoms with E-state index in [1.54, 1.807) is 0 Å².